The summed E-state index contributed by atoms with van der Waals surface area (Å²) in [6.45, 7) is 1.80. The zero-order chi connectivity index (χ0) is 12.3. The molecule has 0 amide bonds. The fourth-order valence-electron chi connectivity index (χ4n) is 1.52. The highest BCUT2D eigenvalue weighted by Crippen LogP contribution is 2.39. The van der Waals surface area contributed by atoms with Gasteiger partial charge in [0.15, 0.2) is 17.3 Å². The Labute approximate surface area is 103 Å². The molecule has 0 atom stereocenters. The van der Waals surface area contributed by atoms with Gasteiger partial charge >= 0.3 is 0 Å². The Morgan fingerprint density at radius 1 is 1.44 bits per heavy atom. The summed E-state index contributed by atoms with van der Waals surface area (Å²) in [4.78, 5) is 11.7. The number of Topliss-reactive ketones (excluding diaryl/α,β-unsaturated/α-hetero) is 1. The standard InChI is InChI=1S/C11H14BrNO3/c1-6-4-8(15-2)11(16-3)10(12)9(6)7(14)5-13/h4H,5,13H2,1-3H3. The third-order valence-corrected chi connectivity index (χ3v) is 3.03. The van der Waals surface area contributed by atoms with Gasteiger partial charge in [0, 0.05) is 5.56 Å². The number of benzene rings is 1. The van der Waals surface area contributed by atoms with Gasteiger partial charge in [-0.15, -0.1) is 0 Å². The van der Waals surface area contributed by atoms with E-state index in [0.29, 0.717) is 21.5 Å². The molecule has 5 heteroatoms. The maximum Gasteiger partial charge on any atom is 0.177 e. The number of nitrogens with two attached hydrogens (primary N) is 1. The van der Waals surface area contributed by atoms with Gasteiger partial charge in [0.05, 0.1) is 25.2 Å². The van der Waals surface area contributed by atoms with Gasteiger partial charge in [0.1, 0.15) is 0 Å². The molecule has 0 unspecified atom stereocenters. The van der Waals surface area contributed by atoms with Gasteiger partial charge in [-0.3, -0.25) is 4.79 Å². The number of carbonyl (C=O) groups excluding carboxylic acids is 1. The lowest BCUT2D eigenvalue weighted by molar-refractivity contribution is 0.0999. The lowest BCUT2D eigenvalue weighted by Gasteiger charge is -2.14. The van der Waals surface area contributed by atoms with Gasteiger partial charge in [0.25, 0.3) is 0 Å². The molecular formula is C11H14BrNO3. The summed E-state index contributed by atoms with van der Waals surface area (Å²) in [6.07, 6.45) is 0. The first-order valence-electron chi connectivity index (χ1n) is 4.71. The van der Waals surface area contributed by atoms with Crippen LogP contribution in [0.2, 0.25) is 0 Å². The first-order valence-corrected chi connectivity index (χ1v) is 5.50. The highest BCUT2D eigenvalue weighted by molar-refractivity contribution is 9.10. The Morgan fingerprint density at radius 2 is 2.06 bits per heavy atom. The lowest BCUT2D eigenvalue weighted by Crippen LogP contribution is -2.16. The number of rotatable bonds is 4. The van der Waals surface area contributed by atoms with E-state index in [1.54, 1.807) is 13.2 Å². The molecule has 0 spiro atoms. The van der Waals surface area contributed by atoms with Gasteiger partial charge in [-0.1, -0.05) is 0 Å². The molecule has 0 bridgehead atoms. The molecule has 88 valence electrons. The maximum atomic E-state index is 11.7. The third-order valence-electron chi connectivity index (χ3n) is 2.27. The van der Waals surface area contributed by atoms with Crippen molar-refractivity contribution in [1.29, 1.82) is 0 Å². The van der Waals surface area contributed by atoms with Crippen molar-refractivity contribution in [2.45, 2.75) is 6.92 Å². The molecule has 0 aromatic heterocycles. The Kier molecular flexibility index (Phi) is 4.32. The third kappa shape index (κ3) is 2.20. The van der Waals surface area contributed by atoms with E-state index in [4.69, 9.17) is 15.2 Å². The van der Waals surface area contributed by atoms with Crippen LogP contribution in [0, 0.1) is 6.92 Å². The first kappa shape index (κ1) is 13.0. The quantitative estimate of drug-likeness (QED) is 0.860. The van der Waals surface area contributed by atoms with Crippen molar-refractivity contribution in [2.24, 2.45) is 5.73 Å². The summed E-state index contributed by atoms with van der Waals surface area (Å²) < 4.78 is 10.9. The second-order valence-electron chi connectivity index (χ2n) is 3.25. The van der Waals surface area contributed by atoms with E-state index in [1.165, 1.54) is 7.11 Å². The van der Waals surface area contributed by atoms with Gasteiger partial charge in [-0.05, 0) is 34.5 Å². The highest BCUT2D eigenvalue weighted by Gasteiger charge is 2.19. The van der Waals surface area contributed by atoms with Crippen molar-refractivity contribution in [3.8, 4) is 11.5 Å². The molecule has 2 N–H and O–H groups in total. The molecule has 0 aliphatic rings. The normalized spacial score (nSPS) is 10.1. The Hall–Kier alpha value is -1.07. The SMILES string of the molecule is COc1cc(C)c(C(=O)CN)c(Br)c1OC. The van der Waals surface area contributed by atoms with E-state index < -0.39 is 0 Å². The predicted octanol–water partition coefficient (Wildman–Crippen LogP) is 1.92. The largest absolute Gasteiger partial charge is 0.493 e. The number of hydrogen-bond acceptors (Lipinski definition) is 4. The summed E-state index contributed by atoms with van der Waals surface area (Å²) >= 11 is 3.34. The molecule has 4 nitrogen and oxygen atoms in total. The number of methoxy groups -OCH3 is 2. The van der Waals surface area contributed by atoms with Crippen LogP contribution in [0.5, 0.6) is 11.5 Å². The molecule has 0 saturated carbocycles. The predicted molar refractivity (Wildman–Crippen MR) is 65.4 cm³/mol. The lowest BCUT2D eigenvalue weighted by atomic mass is 10.0. The smallest absolute Gasteiger partial charge is 0.177 e. The highest BCUT2D eigenvalue weighted by atomic mass is 79.9. The van der Waals surface area contributed by atoms with Crippen molar-refractivity contribution in [1.82, 2.24) is 0 Å². The van der Waals surface area contributed by atoms with E-state index in [2.05, 4.69) is 15.9 Å². The number of halogens is 1. The maximum absolute atomic E-state index is 11.7. The number of hydrogen-bond donors (Lipinski definition) is 1. The summed E-state index contributed by atoms with van der Waals surface area (Å²) in [5, 5.41) is 0. The second-order valence-corrected chi connectivity index (χ2v) is 4.04. The van der Waals surface area contributed by atoms with Gasteiger partial charge in [0.2, 0.25) is 0 Å². The number of ketones is 1. The molecule has 0 radical (unpaired) electrons. The summed E-state index contributed by atoms with van der Waals surface area (Å²) in [5.41, 5.74) is 6.71. The van der Waals surface area contributed by atoms with Crippen LogP contribution >= 0.6 is 15.9 Å². The van der Waals surface area contributed by atoms with Crippen LogP contribution in [0.1, 0.15) is 15.9 Å². The topological polar surface area (TPSA) is 61.5 Å². The van der Waals surface area contributed by atoms with Crippen molar-refractivity contribution in [3.63, 3.8) is 0 Å². The average Bonchev–Trinajstić information content (AvgIpc) is 2.27. The molecule has 1 aromatic carbocycles. The van der Waals surface area contributed by atoms with Crippen molar-refractivity contribution in [3.05, 3.63) is 21.7 Å². The molecule has 1 rings (SSSR count). The first-order chi connectivity index (χ1) is 7.56. The molecule has 0 aliphatic carbocycles. The van der Waals surface area contributed by atoms with E-state index in [-0.39, 0.29) is 12.3 Å². The minimum absolute atomic E-state index is 0.0328. The van der Waals surface area contributed by atoms with Crippen LogP contribution in [0.4, 0.5) is 0 Å². The molecule has 0 heterocycles. The van der Waals surface area contributed by atoms with Gasteiger partial charge in [-0.25, -0.2) is 0 Å². The van der Waals surface area contributed by atoms with Crippen LogP contribution in [0.25, 0.3) is 0 Å². The Bertz CT molecular complexity index is 418. The molecule has 16 heavy (non-hydrogen) atoms. The average molecular weight is 288 g/mol. The van der Waals surface area contributed by atoms with E-state index in [9.17, 15) is 4.79 Å². The molecule has 0 aliphatic heterocycles. The summed E-state index contributed by atoms with van der Waals surface area (Å²) in [7, 11) is 3.07. The van der Waals surface area contributed by atoms with E-state index in [0.717, 1.165) is 5.56 Å². The molecule has 1 aromatic rings. The van der Waals surface area contributed by atoms with Crippen LogP contribution in [-0.2, 0) is 0 Å². The zero-order valence-electron chi connectivity index (χ0n) is 9.46. The number of aryl methyl sites for hydroxylation is 1. The van der Waals surface area contributed by atoms with Crippen molar-refractivity contribution >= 4 is 21.7 Å². The van der Waals surface area contributed by atoms with Crippen molar-refractivity contribution < 1.29 is 14.3 Å². The molecule has 0 fully saturated rings. The van der Waals surface area contributed by atoms with Crippen LogP contribution in [0.3, 0.4) is 0 Å². The van der Waals surface area contributed by atoms with E-state index >= 15 is 0 Å². The van der Waals surface area contributed by atoms with Crippen LogP contribution in [-0.4, -0.2) is 26.5 Å². The van der Waals surface area contributed by atoms with Gasteiger partial charge < -0.3 is 15.2 Å². The Morgan fingerprint density at radius 3 is 2.50 bits per heavy atom. The monoisotopic (exact) mass is 287 g/mol. The number of ether oxygens (including phenoxy) is 2. The fourth-order valence-corrected chi connectivity index (χ4v) is 2.41. The van der Waals surface area contributed by atoms with Crippen LogP contribution < -0.4 is 15.2 Å². The number of carbonyl (C=O) groups is 1. The second kappa shape index (κ2) is 5.32. The minimum Gasteiger partial charge on any atom is -0.493 e. The van der Waals surface area contributed by atoms with Crippen molar-refractivity contribution in [2.75, 3.05) is 20.8 Å². The fraction of sp³-hybridized carbons (Fsp3) is 0.364. The summed E-state index contributed by atoms with van der Waals surface area (Å²) in [6, 6.07) is 1.76. The minimum atomic E-state index is -0.134. The van der Waals surface area contributed by atoms with Crippen LogP contribution in [0.15, 0.2) is 10.5 Å². The zero-order valence-corrected chi connectivity index (χ0v) is 11.1. The molecule has 0 saturated heterocycles. The summed E-state index contributed by atoms with van der Waals surface area (Å²) in [5.74, 6) is 0.954. The Balaban J connectivity index is 3.46. The van der Waals surface area contributed by atoms with Gasteiger partial charge in [-0.2, -0.15) is 0 Å². The van der Waals surface area contributed by atoms with E-state index in [1.807, 2.05) is 6.92 Å². The molecular weight excluding hydrogens is 274 g/mol.